The topological polar surface area (TPSA) is 43.6 Å². The van der Waals surface area contributed by atoms with Gasteiger partial charge in [-0.3, -0.25) is 0 Å². The maximum atomic E-state index is 6.12. The Morgan fingerprint density at radius 1 is 1.24 bits per heavy atom. The third-order valence-electron chi connectivity index (χ3n) is 3.67. The summed E-state index contributed by atoms with van der Waals surface area (Å²) in [6.07, 6.45) is 5.46. The Morgan fingerprint density at radius 2 is 2.10 bits per heavy atom. The normalized spacial score (nSPS) is 18.4. The van der Waals surface area contributed by atoms with Gasteiger partial charge in [-0.25, -0.2) is 0 Å². The number of para-hydroxylation sites is 2. The summed E-state index contributed by atoms with van der Waals surface area (Å²) in [6, 6.07) is 10.0. The minimum atomic E-state index is 0.00125. The Hall–Kier alpha value is -1.94. The maximum Gasteiger partial charge on any atom is 0.161 e. The Balaban J connectivity index is 1.71. The lowest BCUT2D eigenvalue weighted by molar-refractivity contribution is 0.0619. The number of furan rings is 1. The van der Waals surface area contributed by atoms with Gasteiger partial charge in [-0.15, -0.1) is 0 Å². The van der Waals surface area contributed by atoms with Gasteiger partial charge in [0.15, 0.2) is 11.5 Å². The predicted molar refractivity (Wildman–Crippen MR) is 80.8 cm³/mol. The number of rotatable bonds is 6. The van der Waals surface area contributed by atoms with Gasteiger partial charge >= 0.3 is 0 Å². The quantitative estimate of drug-likeness (QED) is 0.887. The molecule has 0 fully saturated rings. The van der Waals surface area contributed by atoms with Crippen LogP contribution in [0.1, 0.15) is 18.9 Å². The highest BCUT2D eigenvalue weighted by Gasteiger charge is 2.28. The monoisotopic (exact) mass is 287 g/mol. The Morgan fingerprint density at radius 3 is 2.86 bits per heavy atom. The first-order chi connectivity index (χ1) is 10.4. The molecule has 3 rings (SSSR count). The van der Waals surface area contributed by atoms with E-state index in [4.69, 9.17) is 13.9 Å². The van der Waals surface area contributed by atoms with Crippen molar-refractivity contribution in [2.24, 2.45) is 0 Å². The van der Waals surface area contributed by atoms with Crippen LogP contribution in [0.3, 0.4) is 0 Å². The lowest BCUT2D eigenvalue weighted by Gasteiger charge is -2.32. The fourth-order valence-corrected chi connectivity index (χ4v) is 2.56. The van der Waals surface area contributed by atoms with Gasteiger partial charge < -0.3 is 19.2 Å². The van der Waals surface area contributed by atoms with E-state index in [1.165, 1.54) is 5.56 Å². The van der Waals surface area contributed by atoms with Crippen molar-refractivity contribution in [1.82, 2.24) is 5.32 Å². The predicted octanol–water partition coefficient (Wildman–Crippen LogP) is 3.03. The summed E-state index contributed by atoms with van der Waals surface area (Å²) in [5.74, 6) is 1.65. The minimum absolute atomic E-state index is 0.00125. The third-order valence-corrected chi connectivity index (χ3v) is 3.67. The molecular weight excluding hydrogens is 266 g/mol. The highest BCUT2D eigenvalue weighted by molar-refractivity contribution is 5.40. The second kappa shape index (κ2) is 6.68. The van der Waals surface area contributed by atoms with Crippen LogP contribution in [0.4, 0.5) is 0 Å². The summed E-state index contributed by atoms with van der Waals surface area (Å²) >= 11 is 0. The van der Waals surface area contributed by atoms with Crippen molar-refractivity contribution >= 4 is 0 Å². The van der Waals surface area contributed by atoms with Crippen LogP contribution in [-0.2, 0) is 6.42 Å². The zero-order valence-corrected chi connectivity index (χ0v) is 12.2. The molecule has 1 aliphatic heterocycles. The van der Waals surface area contributed by atoms with Crippen molar-refractivity contribution < 1.29 is 13.9 Å². The smallest absolute Gasteiger partial charge is 0.161 e. The van der Waals surface area contributed by atoms with Gasteiger partial charge in [-0.05, 0) is 43.1 Å². The van der Waals surface area contributed by atoms with E-state index in [9.17, 15) is 0 Å². The van der Waals surface area contributed by atoms with Gasteiger partial charge in [0.2, 0.25) is 0 Å². The first-order valence-corrected chi connectivity index (χ1v) is 7.49. The van der Waals surface area contributed by atoms with Gasteiger partial charge in [0.1, 0.15) is 12.7 Å². The van der Waals surface area contributed by atoms with E-state index in [1.807, 2.05) is 30.3 Å². The Labute approximate surface area is 125 Å². The fraction of sp³-hybridized carbons (Fsp3) is 0.412. The van der Waals surface area contributed by atoms with E-state index in [2.05, 4.69) is 12.2 Å². The molecule has 0 saturated heterocycles. The maximum absolute atomic E-state index is 6.12. The first-order valence-electron chi connectivity index (χ1n) is 7.49. The number of benzene rings is 1. The van der Waals surface area contributed by atoms with Crippen LogP contribution in [0.25, 0.3) is 0 Å². The molecule has 2 aromatic rings. The summed E-state index contributed by atoms with van der Waals surface area (Å²) in [5.41, 5.74) is 1.17. The summed E-state index contributed by atoms with van der Waals surface area (Å²) in [4.78, 5) is 0. The summed E-state index contributed by atoms with van der Waals surface area (Å²) in [7, 11) is 0. The molecular formula is C17H21NO3. The molecule has 21 heavy (non-hydrogen) atoms. The second-order valence-corrected chi connectivity index (χ2v) is 5.31. The lowest BCUT2D eigenvalue weighted by Crippen LogP contribution is -2.49. The van der Waals surface area contributed by atoms with Gasteiger partial charge in [0.25, 0.3) is 0 Å². The minimum Gasteiger partial charge on any atom is -0.486 e. The molecule has 4 heteroatoms. The van der Waals surface area contributed by atoms with Crippen molar-refractivity contribution in [2.45, 2.75) is 31.9 Å². The van der Waals surface area contributed by atoms with E-state index in [0.29, 0.717) is 6.61 Å². The number of fused-ring (bicyclic) bond motifs is 1. The molecule has 2 heterocycles. The molecule has 1 aromatic heterocycles. The fourth-order valence-electron chi connectivity index (χ4n) is 2.56. The summed E-state index contributed by atoms with van der Waals surface area (Å²) in [6.45, 7) is 3.69. The Kier molecular flexibility index (Phi) is 4.46. The number of nitrogens with one attached hydrogen (secondary N) is 1. The molecule has 0 amide bonds. The van der Waals surface area contributed by atoms with Crippen molar-refractivity contribution in [3.05, 3.63) is 48.4 Å². The van der Waals surface area contributed by atoms with E-state index in [-0.39, 0.29) is 12.1 Å². The summed E-state index contributed by atoms with van der Waals surface area (Å²) in [5, 5.41) is 3.56. The van der Waals surface area contributed by atoms with Crippen LogP contribution in [0.5, 0.6) is 11.5 Å². The van der Waals surface area contributed by atoms with Crippen molar-refractivity contribution in [3.63, 3.8) is 0 Å². The molecule has 0 aliphatic carbocycles. The van der Waals surface area contributed by atoms with Crippen LogP contribution in [0, 0.1) is 0 Å². The van der Waals surface area contributed by atoms with E-state index in [1.54, 1.807) is 12.5 Å². The molecule has 2 unspecified atom stereocenters. The lowest BCUT2D eigenvalue weighted by atomic mass is 10.0. The zero-order chi connectivity index (χ0) is 14.5. The molecule has 1 aliphatic rings. The molecule has 1 aromatic carbocycles. The molecule has 0 saturated carbocycles. The van der Waals surface area contributed by atoms with Crippen molar-refractivity contribution in [3.8, 4) is 11.5 Å². The highest BCUT2D eigenvalue weighted by atomic mass is 16.6. The summed E-state index contributed by atoms with van der Waals surface area (Å²) < 4.78 is 17.1. The van der Waals surface area contributed by atoms with Crippen molar-refractivity contribution in [2.75, 3.05) is 13.2 Å². The number of hydrogen-bond donors (Lipinski definition) is 1. The third kappa shape index (κ3) is 3.39. The number of ether oxygens (including phenoxy) is 2. The van der Waals surface area contributed by atoms with Crippen LogP contribution in [0.2, 0.25) is 0 Å². The number of hydrogen-bond acceptors (Lipinski definition) is 4. The molecule has 4 nitrogen and oxygen atoms in total. The van der Waals surface area contributed by atoms with E-state index < -0.39 is 0 Å². The SMILES string of the molecule is CCCNC(Cc1ccoc1)C1COc2ccccc2O1. The van der Waals surface area contributed by atoms with Gasteiger partial charge in [-0.2, -0.15) is 0 Å². The van der Waals surface area contributed by atoms with Gasteiger partial charge in [0.05, 0.1) is 18.6 Å². The second-order valence-electron chi connectivity index (χ2n) is 5.31. The van der Waals surface area contributed by atoms with E-state index >= 15 is 0 Å². The largest absolute Gasteiger partial charge is 0.486 e. The van der Waals surface area contributed by atoms with E-state index in [0.717, 1.165) is 30.9 Å². The van der Waals surface area contributed by atoms with Gasteiger partial charge in [-0.1, -0.05) is 19.1 Å². The zero-order valence-electron chi connectivity index (χ0n) is 12.2. The standard InChI is InChI=1S/C17H21NO3/c1-2-8-18-14(10-13-7-9-19-11-13)17-12-20-15-5-3-4-6-16(15)21-17/h3-7,9,11,14,17-18H,2,8,10,12H2,1H3. The van der Waals surface area contributed by atoms with Crippen LogP contribution in [-0.4, -0.2) is 25.3 Å². The average Bonchev–Trinajstić information content (AvgIpc) is 3.04. The van der Waals surface area contributed by atoms with Gasteiger partial charge in [0, 0.05) is 0 Å². The first kappa shape index (κ1) is 14.0. The molecule has 0 spiro atoms. The highest BCUT2D eigenvalue weighted by Crippen LogP contribution is 2.32. The average molecular weight is 287 g/mol. The van der Waals surface area contributed by atoms with Crippen LogP contribution < -0.4 is 14.8 Å². The Bertz CT molecular complexity index is 553. The molecule has 0 bridgehead atoms. The van der Waals surface area contributed by atoms with Crippen LogP contribution >= 0.6 is 0 Å². The molecule has 1 N–H and O–H groups in total. The molecule has 2 atom stereocenters. The van der Waals surface area contributed by atoms with Crippen molar-refractivity contribution in [1.29, 1.82) is 0 Å². The molecule has 0 radical (unpaired) electrons. The molecule has 112 valence electrons. The van der Waals surface area contributed by atoms with Crippen LogP contribution in [0.15, 0.2) is 47.3 Å².